The van der Waals surface area contributed by atoms with Gasteiger partial charge in [-0.15, -0.1) is 0 Å². The van der Waals surface area contributed by atoms with Crippen molar-refractivity contribution < 1.29 is 18.3 Å². The number of amides is 1. The van der Waals surface area contributed by atoms with E-state index in [1.54, 1.807) is 12.1 Å². The predicted octanol–water partition coefficient (Wildman–Crippen LogP) is 2.94. The highest BCUT2D eigenvalue weighted by atomic mass is 19.3. The van der Waals surface area contributed by atoms with Gasteiger partial charge in [0.1, 0.15) is 5.75 Å². The molecule has 1 fully saturated rings. The number of hydrogen-bond donors (Lipinski definition) is 1. The Balaban J connectivity index is 1.82. The molecule has 1 aliphatic carbocycles. The number of ether oxygens (including phenoxy) is 1. The Morgan fingerprint density at radius 2 is 2.17 bits per heavy atom. The molecule has 0 aromatic heterocycles. The Hall–Kier alpha value is -1.69. The van der Waals surface area contributed by atoms with E-state index in [1.165, 1.54) is 6.07 Å². The van der Waals surface area contributed by atoms with Gasteiger partial charge in [0.05, 0.1) is 0 Å². The van der Waals surface area contributed by atoms with Gasteiger partial charge in [0.15, 0.2) is 0 Å². The van der Waals surface area contributed by atoms with Crippen LogP contribution in [-0.2, 0) is 11.2 Å². The molecule has 1 heterocycles. The number of anilines is 1. The molecule has 2 aliphatic rings. The maximum atomic E-state index is 12.9. The van der Waals surface area contributed by atoms with Gasteiger partial charge >= 0.3 is 6.61 Å². The minimum atomic E-state index is -2.84. The molecule has 0 unspecified atom stereocenters. The molecule has 1 aromatic carbocycles. The van der Waals surface area contributed by atoms with Gasteiger partial charge in [0.25, 0.3) is 0 Å². The predicted molar refractivity (Wildman–Crippen MR) is 83.6 cm³/mol. The zero-order chi connectivity index (χ0) is 16.4. The van der Waals surface area contributed by atoms with E-state index in [1.807, 2.05) is 4.90 Å². The van der Waals surface area contributed by atoms with Crippen LogP contribution in [0.3, 0.4) is 0 Å². The van der Waals surface area contributed by atoms with Crippen LogP contribution in [0, 0.1) is 11.8 Å². The van der Waals surface area contributed by atoms with Crippen molar-refractivity contribution in [1.29, 1.82) is 0 Å². The highest BCUT2D eigenvalue weighted by Gasteiger charge is 2.36. The summed E-state index contributed by atoms with van der Waals surface area (Å²) in [5.74, 6) is 0.521. The Kier molecular flexibility index (Phi) is 4.80. The molecule has 1 aromatic rings. The number of benzene rings is 1. The van der Waals surface area contributed by atoms with Crippen LogP contribution in [0.25, 0.3) is 0 Å². The number of hydrogen-bond acceptors (Lipinski definition) is 3. The lowest BCUT2D eigenvalue weighted by atomic mass is 9.92. The maximum absolute atomic E-state index is 12.9. The van der Waals surface area contributed by atoms with Crippen LogP contribution >= 0.6 is 0 Å². The Labute approximate surface area is 134 Å². The summed E-state index contributed by atoms with van der Waals surface area (Å²) in [5.41, 5.74) is 7.51. The summed E-state index contributed by atoms with van der Waals surface area (Å²) < 4.78 is 29.1. The largest absolute Gasteiger partial charge is 0.435 e. The van der Waals surface area contributed by atoms with Gasteiger partial charge in [-0.2, -0.15) is 8.78 Å². The zero-order valence-electron chi connectivity index (χ0n) is 13.0. The number of nitrogens with zero attached hydrogens (tertiary/aromatic N) is 1. The number of carbonyl (C=O) groups is 1. The summed E-state index contributed by atoms with van der Waals surface area (Å²) >= 11 is 0. The highest BCUT2D eigenvalue weighted by molar-refractivity contribution is 5.96. The van der Waals surface area contributed by atoms with Crippen molar-refractivity contribution in [2.75, 3.05) is 18.0 Å². The van der Waals surface area contributed by atoms with Crippen LogP contribution in [0.5, 0.6) is 5.75 Å². The standard InChI is InChI=1S/C17H22F2N2O2/c18-17(19)23-13-6-7-15-11(9-13)4-2-8-21(15)16(22)14-5-1-3-12(14)10-20/h6-7,9,12,14,17H,1-5,8,10,20H2/t12-,14-/m1/s1. The van der Waals surface area contributed by atoms with Crippen LogP contribution in [0.2, 0.25) is 0 Å². The molecule has 0 saturated heterocycles. The molecule has 6 heteroatoms. The van der Waals surface area contributed by atoms with Crippen LogP contribution in [0.15, 0.2) is 18.2 Å². The summed E-state index contributed by atoms with van der Waals surface area (Å²) in [6, 6.07) is 4.85. The fourth-order valence-corrected chi connectivity index (χ4v) is 3.82. The lowest BCUT2D eigenvalue weighted by molar-refractivity contribution is -0.123. The average Bonchev–Trinajstić information content (AvgIpc) is 3.01. The second-order valence-corrected chi connectivity index (χ2v) is 6.30. The Bertz CT molecular complexity index is 580. The van der Waals surface area contributed by atoms with Crippen molar-refractivity contribution in [3.63, 3.8) is 0 Å². The second-order valence-electron chi connectivity index (χ2n) is 6.30. The lowest BCUT2D eigenvalue weighted by Gasteiger charge is -2.33. The molecule has 0 spiro atoms. The molecule has 4 nitrogen and oxygen atoms in total. The first kappa shape index (κ1) is 16.2. The molecule has 2 atom stereocenters. The lowest BCUT2D eigenvalue weighted by Crippen LogP contribution is -2.41. The van der Waals surface area contributed by atoms with Gasteiger partial charge in [-0.25, -0.2) is 0 Å². The topological polar surface area (TPSA) is 55.6 Å². The third kappa shape index (κ3) is 3.32. The molecule has 3 rings (SSSR count). The molecule has 0 bridgehead atoms. The zero-order valence-corrected chi connectivity index (χ0v) is 13.0. The second kappa shape index (κ2) is 6.83. The first-order valence-corrected chi connectivity index (χ1v) is 8.19. The molecule has 1 saturated carbocycles. The normalized spacial score (nSPS) is 23.9. The number of halogens is 2. The maximum Gasteiger partial charge on any atom is 0.387 e. The van der Waals surface area contributed by atoms with E-state index in [4.69, 9.17) is 5.73 Å². The first-order chi connectivity index (χ1) is 11.1. The van der Waals surface area contributed by atoms with E-state index < -0.39 is 6.61 Å². The molecule has 1 amide bonds. The highest BCUT2D eigenvalue weighted by Crippen LogP contribution is 2.37. The number of aryl methyl sites for hydroxylation is 1. The summed E-state index contributed by atoms with van der Waals surface area (Å²) in [6.07, 6.45) is 4.54. The summed E-state index contributed by atoms with van der Waals surface area (Å²) in [5, 5.41) is 0. The SMILES string of the molecule is NC[C@H]1CCC[C@H]1C(=O)N1CCCc2cc(OC(F)F)ccc21. The van der Waals surface area contributed by atoms with Crippen molar-refractivity contribution in [1.82, 2.24) is 0 Å². The average molecular weight is 324 g/mol. The van der Waals surface area contributed by atoms with Crippen molar-refractivity contribution in [2.45, 2.75) is 38.7 Å². The Morgan fingerprint density at radius 3 is 2.91 bits per heavy atom. The molecule has 126 valence electrons. The minimum Gasteiger partial charge on any atom is -0.435 e. The Morgan fingerprint density at radius 1 is 1.35 bits per heavy atom. The molecular weight excluding hydrogens is 302 g/mol. The van der Waals surface area contributed by atoms with Gasteiger partial charge in [0, 0.05) is 18.2 Å². The van der Waals surface area contributed by atoms with Crippen LogP contribution < -0.4 is 15.4 Å². The van der Waals surface area contributed by atoms with E-state index in [9.17, 15) is 13.6 Å². The molecule has 23 heavy (non-hydrogen) atoms. The van der Waals surface area contributed by atoms with Crippen molar-refractivity contribution in [2.24, 2.45) is 17.6 Å². The smallest absolute Gasteiger partial charge is 0.387 e. The minimum absolute atomic E-state index is 0.0112. The van der Waals surface area contributed by atoms with Crippen LogP contribution in [0.1, 0.15) is 31.2 Å². The number of fused-ring (bicyclic) bond motifs is 1. The molecular formula is C17H22F2N2O2. The van der Waals surface area contributed by atoms with E-state index in [-0.39, 0.29) is 23.5 Å². The fraction of sp³-hybridized carbons (Fsp3) is 0.588. The van der Waals surface area contributed by atoms with Crippen LogP contribution in [0.4, 0.5) is 14.5 Å². The van der Waals surface area contributed by atoms with Crippen molar-refractivity contribution in [3.8, 4) is 5.75 Å². The van der Waals surface area contributed by atoms with E-state index >= 15 is 0 Å². The first-order valence-electron chi connectivity index (χ1n) is 8.19. The monoisotopic (exact) mass is 324 g/mol. The van der Waals surface area contributed by atoms with Gasteiger partial charge in [-0.3, -0.25) is 4.79 Å². The van der Waals surface area contributed by atoms with E-state index in [0.29, 0.717) is 13.1 Å². The third-order valence-corrected chi connectivity index (χ3v) is 4.94. The molecule has 2 N–H and O–H groups in total. The van der Waals surface area contributed by atoms with Crippen LogP contribution in [-0.4, -0.2) is 25.6 Å². The molecule has 1 aliphatic heterocycles. The summed E-state index contributed by atoms with van der Waals surface area (Å²) in [4.78, 5) is 14.7. The van der Waals surface area contributed by atoms with Gasteiger partial charge < -0.3 is 15.4 Å². The third-order valence-electron chi connectivity index (χ3n) is 4.94. The quantitative estimate of drug-likeness (QED) is 0.926. The number of alkyl halides is 2. The van der Waals surface area contributed by atoms with Crippen molar-refractivity contribution >= 4 is 11.6 Å². The van der Waals surface area contributed by atoms with E-state index in [0.717, 1.165) is 43.4 Å². The van der Waals surface area contributed by atoms with Gasteiger partial charge in [0.2, 0.25) is 5.91 Å². The van der Waals surface area contributed by atoms with E-state index in [2.05, 4.69) is 4.74 Å². The number of nitrogens with two attached hydrogens (primary N) is 1. The van der Waals surface area contributed by atoms with Crippen molar-refractivity contribution in [3.05, 3.63) is 23.8 Å². The summed E-state index contributed by atoms with van der Waals surface area (Å²) in [6.45, 7) is -1.62. The van der Waals surface area contributed by atoms with Gasteiger partial charge in [-0.05, 0) is 61.9 Å². The number of rotatable bonds is 4. The summed E-state index contributed by atoms with van der Waals surface area (Å²) in [7, 11) is 0. The fourth-order valence-electron chi connectivity index (χ4n) is 3.82. The molecule has 0 radical (unpaired) electrons. The number of carbonyl (C=O) groups excluding carboxylic acids is 1. The van der Waals surface area contributed by atoms with Gasteiger partial charge in [-0.1, -0.05) is 6.42 Å².